The van der Waals surface area contributed by atoms with Gasteiger partial charge in [0.15, 0.2) is 11.0 Å². The first-order chi connectivity index (χ1) is 8.90. The minimum absolute atomic E-state index is 0.436. The van der Waals surface area contributed by atoms with Crippen LogP contribution in [-0.4, -0.2) is 17.0 Å². The molecule has 0 radical (unpaired) electrons. The molecule has 3 nitrogen and oxygen atoms in total. The summed E-state index contributed by atoms with van der Waals surface area (Å²) in [5.74, 6) is 0.691. The van der Waals surface area contributed by atoms with E-state index in [1.165, 1.54) is 11.1 Å². The third kappa shape index (κ3) is 2.71. The van der Waals surface area contributed by atoms with Crippen molar-refractivity contribution in [2.45, 2.75) is 27.7 Å². The molecule has 0 saturated heterocycles. The number of benzene rings is 1. The Labute approximate surface area is 119 Å². The second-order valence-corrected chi connectivity index (χ2v) is 5.22. The van der Waals surface area contributed by atoms with Crippen molar-refractivity contribution in [1.82, 2.24) is 9.97 Å². The number of nitrogens with zero attached hydrogens (tertiary/aromatic N) is 3. The van der Waals surface area contributed by atoms with Gasteiger partial charge >= 0.3 is 0 Å². The number of anilines is 2. The third-order valence-corrected chi connectivity index (χ3v) is 3.53. The van der Waals surface area contributed by atoms with Crippen LogP contribution in [0, 0.1) is 27.7 Å². The van der Waals surface area contributed by atoms with Gasteiger partial charge in [0, 0.05) is 12.7 Å². The van der Waals surface area contributed by atoms with Crippen LogP contribution in [-0.2, 0) is 0 Å². The average molecular weight is 276 g/mol. The summed E-state index contributed by atoms with van der Waals surface area (Å²) < 4.78 is 0. The van der Waals surface area contributed by atoms with E-state index in [0.29, 0.717) is 11.0 Å². The van der Waals surface area contributed by atoms with Crippen molar-refractivity contribution in [3.05, 3.63) is 45.9 Å². The molecule has 2 rings (SSSR count). The van der Waals surface area contributed by atoms with E-state index in [4.69, 9.17) is 11.6 Å². The molecule has 0 aliphatic carbocycles. The maximum Gasteiger partial charge on any atom is 0.172 e. The van der Waals surface area contributed by atoms with Gasteiger partial charge in [0.05, 0.1) is 11.4 Å². The summed E-state index contributed by atoms with van der Waals surface area (Å²) in [4.78, 5) is 10.9. The maximum absolute atomic E-state index is 6.21. The Morgan fingerprint density at radius 3 is 2.26 bits per heavy atom. The van der Waals surface area contributed by atoms with E-state index in [9.17, 15) is 0 Å². The second-order valence-electron chi connectivity index (χ2n) is 4.86. The fourth-order valence-corrected chi connectivity index (χ4v) is 2.37. The molecule has 0 unspecified atom stereocenters. The Balaban J connectivity index is 2.49. The number of hydrogen-bond donors (Lipinski definition) is 0. The van der Waals surface area contributed by atoms with Gasteiger partial charge in [0.25, 0.3) is 0 Å². The van der Waals surface area contributed by atoms with Gasteiger partial charge in [-0.2, -0.15) is 0 Å². The highest BCUT2D eigenvalue weighted by molar-refractivity contribution is 6.31. The first-order valence-corrected chi connectivity index (χ1v) is 6.59. The molecular formula is C15H18ClN3. The van der Waals surface area contributed by atoms with E-state index in [2.05, 4.69) is 42.0 Å². The first kappa shape index (κ1) is 13.8. The van der Waals surface area contributed by atoms with E-state index in [1.54, 1.807) is 0 Å². The smallest absolute Gasteiger partial charge is 0.172 e. The zero-order chi connectivity index (χ0) is 14.2. The molecule has 2 aromatic rings. The Bertz CT molecular complexity index is 623. The highest BCUT2D eigenvalue weighted by Crippen LogP contribution is 2.30. The lowest BCUT2D eigenvalue weighted by Crippen LogP contribution is -2.15. The van der Waals surface area contributed by atoms with Crippen LogP contribution < -0.4 is 4.90 Å². The molecule has 0 saturated carbocycles. The molecule has 0 aliphatic heterocycles. The molecule has 0 bridgehead atoms. The van der Waals surface area contributed by atoms with Gasteiger partial charge < -0.3 is 4.90 Å². The quantitative estimate of drug-likeness (QED) is 0.825. The zero-order valence-electron chi connectivity index (χ0n) is 12.0. The minimum atomic E-state index is 0.436. The van der Waals surface area contributed by atoms with Crippen LogP contribution in [0.2, 0.25) is 5.15 Å². The predicted molar refractivity (Wildman–Crippen MR) is 80.5 cm³/mol. The summed E-state index contributed by atoms with van der Waals surface area (Å²) >= 11 is 6.21. The normalized spacial score (nSPS) is 10.6. The number of halogens is 1. The van der Waals surface area contributed by atoms with Gasteiger partial charge in [-0.25, -0.2) is 9.97 Å². The lowest BCUT2D eigenvalue weighted by atomic mass is 10.1. The highest BCUT2D eigenvalue weighted by Gasteiger charge is 2.14. The predicted octanol–water partition coefficient (Wildman–Crippen LogP) is 4.13. The average Bonchev–Trinajstić information content (AvgIpc) is 2.33. The van der Waals surface area contributed by atoms with Crippen LogP contribution in [0.4, 0.5) is 11.5 Å². The lowest BCUT2D eigenvalue weighted by Gasteiger charge is -2.22. The topological polar surface area (TPSA) is 29.0 Å². The van der Waals surface area contributed by atoms with E-state index < -0.39 is 0 Å². The number of hydrogen-bond acceptors (Lipinski definition) is 3. The highest BCUT2D eigenvalue weighted by atomic mass is 35.5. The summed E-state index contributed by atoms with van der Waals surface area (Å²) in [6.07, 6.45) is 0. The monoisotopic (exact) mass is 275 g/mol. The van der Waals surface area contributed by atoms with Gasteiger partial charge in [-0.1, -0.05) is 29.3 Å². The maximum atomic E-state index is 6.21. The Hall–Kier alpha value is -1.61. The van der Waals surface area contributed by atoms with Gasteiger partial charge in [-0.15, -0.1) is 0 Å². The first-order valence-electron chi connectivity index (χ1n) is 6.22. The molecule has 0 aliphatic rings. The van der Waals surface area contributed by atoms with E-state index in [1.807, 2.05) is 25.8 Å². The Morgan fingerprint density at radius 1 is 1.00 bits per heavy atom. The molecule has 1 heterocycles. The summed E-state index contributed by atoms with van der Waals surface area (Å²) in [6, 6.07) is 6.31. The van der Waals surface area contributed by atoms with Crippen molar-refractivity contribution in [3.8, 4) is 0 Å². The third-order valence-electron chi connectivity index (χ3n) is 3.28. The molecule has 0 spiro atoms. The fourth-order valence-electron chi connectivity index (χ4n) is 2.07. The van der Waals surface area contributed by atoms with Gasteiger partial charge in [-0.3, -0.25) is 0 Å². The molecule has 19 heavy (non-hydrogen) atoms. The summed E-state index contributed by atoms with van der Waals surface area (Å²) in [5, 5.41) is 0.436. The lowest BCUT2D eigenvalue weighted by molar-refractivity contribution is 1.00. The molecular weight excluding hydrogens is 258 g/mol. The Kier molecular flexibility index (Phi) is 3.76. The van der Waals surface area contributed by atoms with Crippen LogP contribution in [0.15, 0.2) is 18.2 Å². The summed E-state index contributed by atoms with van der Waals surface area (Å²) in [6.45, 7) is 8.02. The molecule has 1 aromatic carbocycles. The van der Waals surface area contributed by atoms with Crippen molar-refractivity contribution in [3.63, 3.8) is 0 Å². The molecule has 0 amide bonds. The van der Waals surface area contributed by atoms with Crippen LogP contribution in [0.1, 0.15) is 22.5 Å². The SMILES string of the molecule is Cc1ccc(N(C)c2nc(C)c(C)nc2Cl)c(C)c1. The molecule has 0 atom stereocenters. The largest absolute Gasteiger partial charge is 0.327 e. The van der Waals surface area contributed by atoms with Crippen molar-refractivity contribution >= 4 is 23.1 Å². The molecule has 0 fully saturated rings. The molecule has 1 aromatic heterocycles. The molecule has 4 heteroatoms. The van der Waals surface area contributed by atoms with Crippen LogP contribution in [0.25, 0.3) is 0 Å². The van der Waals surface area contributed by atoms with Crippen molar-refractivity contribution in [2.24, 2.45) is 0 Å². The fraction of sp³-hybridized carbons (Fsp3) is 0.333. The summed E-state index contributed by atoms with van der Waals surface area (Å²) in [5.41, 5.74) is 5.29. The van der Waals surface area contributed by atoms with Crippen molar-refractivity contribution in [1.29, 1.82) is 0 Å². The van der Waals surface area contributed by atoms with Gasteiger partial charge in [0.1, 0.15) is 0 Å². The number of rotatable bonds is 2. The Morgan fingerprint density at radius 2 is 1.63 bits per heavy atom. The number of aromatic nitrogens is 2. The van der Waals surface area contributed by atoms with Gasteiger partial charge in [0.2, 0.25) is 0 Å². The minimum Gasteiger partial charge on any atom is -0.327 e. The van der Waals surface area contributed by atoms with Crippen molar-refractivity contribution in [2.75, 3.05) is 11.9 Å². The molecule has 0 N–H and O–H groups in total. The van der Waals surface area contributed by atoms with Crippen LogP contribution in [0.5, 0.6) is 0 Å². The molecule has 100 valence electrons. The number of aryl methyl sites for hydroxylation is 4. The van der Waals surface area contributed by atoms with E-state index >= 15 is 0 Å². The summed E-state index contributed by atoms with van der Waals surface area (Å²) in [7, 11) is 1.96. The zero-order valence-corrected chi connectivity index (χ0v) is 12.7. The van der Waals surface area contributed by atoms with E-state index in [0.717, 1.165) is 17.1 Å². The van der Waals surface area contributed by atoms with Crippen LogP contribution in [0.3, 0.4) is 0 Å². The van der Waals surface area contributed by atoms with Gasteiger partial charge in [-0.05, 0) is 39.3 Å². The van der Waals surface area contributed by atoms with Crippen LogP contribution >= 0.6 is 11.6 Å². The van der Waals surface area contributed by atoms with Crippen molar-refractivity contribution < 1.29 is 0 Å². The van der Waals surface area contributed by atoms with E-state index in [-0.39, 0.29) is 0 Å². The second kappa shape index (κ2) is 5.17. The standard InChI is InChI=1S/C15H18ClN3/c1-9-6-7-13(10(2)8-9)19(5)15-14(16)17-11(3)12(4)18-15/h6-8H,1-5H3.